The van der Waals surface area contributed by atoms with Gasteiger partial charge < -0.3 is 4.74 Å². The number of halogens is 1. The van der Waals surface area contributed by atoms with Crippen LogP contribution in [0.1, 0.15) is 18.7 Å². The van der Waals surface area contributed by atoms with Gasteiger partial charge >= 0.3 is 0 Å². The molecule has 1 saturated heterocycles. The summed E-state index contributed by atoms with van der Waals surface area (Å²) in [7, 11) is 0. The highest BCUT2D eigenvalue weighted by Gasteiger charge is 2.16. The number of hydrogen-bond donors (Lipinski definition) is 0. The van der Waals surface area contributed by atoms with Crippen molar-refractivity contribution in [2.45, 2.75) is 19.3 Å². The van der Waals surface area contributed by atoms with Gasteiger partial charge in [0.2, 0.25) is 0 Å². The van der Waals surface area contributed by atoms with Crippen molar-refractivity contribution in [2.24, 2.45) is 5.92 Å². The van der Waals surface area contributed by atoms with Crippen LogP contribution in [-0.4, -0.2) is 27.8 Å². The molecule has 90 valence electrons. The molecule has 2 aromatic heterocycles. The van der Waals surface area contributed by atoms with E-state index >= 15 is 0 Å². The third-order valence-corrected chi connectivity index (χ3v) is 3.30. The molecule has 0 N–H and O–H groups in total. The molecule has 3 heterocycles. The molecule has 0 bridgehead atoms. The first-order valence-corrected chi connectivity index (χ1v) is 6.27. The van der Waals surface area contributed by atoms with Crippen LogP contribution in [0.25, 0.3) is 5.65 Å². The lowest BCUT2D eigenvalue weighted by Crippen LogP contribution is -2.19. The van der Waals surface area contributed by atoms with Crippen molar-refractivity contribution in [2.75, 3.05) is 13.2 Å². The molecule has 0 aromatic carbocycles. The zero-order valence-corrected chi connectivity index (χ0v) is 10.2. The fourth-order valence-electron chi connectivity index (χ4n) is 2.22. The number of pyridine rings is 1. The molecule has 17 heavy (non-hydrogen) atoms. The summed E-state index contributed by atoms with van der Waals surface area (Å²) in [5.74, 6) is 1.43. The standard InChI is InChI=1S/C12H14ClN3O/c13-10-3-4-16-12(7-10)14-11(15-16)6-9-2-1-5-17-8-9/h3-4,7,9H,1-2,5-6,8H2. The molecule has 0 spiro atoms. The number of nitrogens with zero attached hydrogens (tertiary/aromatic N) is 3. The molecule has 0 amide bonds. The Morgan fingerprint density at radius 2 is 2.47 bits per heavy atom. The van der Waals surface area contributed by atoms with Crippen molar-refractivity contribution < 1.29 is 4.74 Å². The summed E-state index contributed by atoms with van der Waals surface area (Å²) in [4.78, 5) is 4.48. The predicted molar refractivity (Wildman–Crippen MR) is 65.2 cm³/mol. The maximum absolute atomic E-state index is 5.92. The van der Waals surface area contributed by atoms with Crippen molar-refractivity contribution >= 4 is 17.2 Å². The maximum atomic E-state index is 5.92. The van der Waals surface area contributed by atoms with Gasteiger partial charge in [-0.1, -0.05) is 11.6 Å². The monoisotopic (exact) mass is 251 g/mol. The molecule has 1 fully saturated rings. The predicted octanol–water partition coefficient (Wildman–Crippen LogP) is 2.35. The molecule has 3 rings (SSSR count). The average Bonchev–Trinajstić information content (AvgIpc) is 2.71. The first-order chi connectivity index (χ1) is 8.31. The van der Waals surface area contributed by atoms with E-state index in [-0.39, 0.29) is 0 Å². The lowest BCUT2D eigenvalue weighted by Gasteiger charge is -2.20. The molecule has 2 aromatic rings. The first kappa shape index (κ1) is 11.0. The van der Waals surface area contributed by atoms with Crippen LogP contribution in [0.3, 0.4) is 0 Å². The zero-order valence-electron chi connectivity index (χ0n) is 9.47. The SMILES string of the molecule is Clc1ccn2nc(CC3CCCOC3)nc2c1. The summed E-state index contributed by atoms with van der Waals surface area (Å²) >= 11 is 5.92. The van der Waals surface area contributed by atoms with Crippen LogP contribution in [0.15, 0.2) is 18.3 Å². The second-order valence-electron chi connectivity index (χ2n) is 4.46. The first-order valence-electron chi connectivity index (χ1n) is 5.90. The molecule has 1 aliphatic heterocycles. The Kier molecular flexibility index (Phi) is 2.99. The van der Waals surface area contributed by atoms with Gasteiger partial charge in [-0.3, -0.25) is 0 Å². The highest BCUT2D eigenvalue weighted by Crippen LogP contribution is 2.18. The highest BCUT2D eigenvalue weighted by molar-refractivity contribution is 6.30. The Hall–Kier alpha value is -1.13. The van der Waals surface area contributed by atoms with Crippen LogP contribution in [0.5, 0.6) is 0 Å². The molecule has 1 aliphatic rings. The lowest BCUT2D eigenvalue weighted by atomic mass is 9.98. The molecular formula is C12H14ClN3O. The number of fused-ring (bicyclic) bond motifs is 1. The van der Waals surface area contributed by atoms with Gasteiger partial charge in [0.05, 0.1) is 0 Å². The highest BCUT2D eigenvalue weighted by atomic mass is 35.5. The number of ether oxygens (including phenoxy) is 1. The van der Waals surface area contributed by atoms with Crippen LogP contribution < -0.4 is 0 Å². The van der Waals surface area contributed by atoms with E-state index in [0.717, 1.165) is 37.5 Å². The summed E-state index contributed by atoms with van der Waals surface area (Å²) in [5.41, 5.74) is 0.809. The molecule has 4 nitrogen and oxygen atoms in total. The van der Waals surface area contributed by atoms with Gasteiger partial charge in [0.25, 0.3) is 0 Å². The quantitative estimate of drug-likeness (QED) is 0.823. The molecule has 5 heteroatoms. The minimum Gasteiger partial charge on any atom is -0.381 e. The Morgan fingerprint density at radius 1 is 1.53 bits per heavy atom. The van der Waals surface area contributed by atoms with Crippen LogP contribution in [-0.2, 0) is 11.2 Å². The minimum absolute atomic E-state index is 0.552. The van der Waals surface area contributed by atoms with Crippen LogP contribution in [0.4, 0.5) is 0 Å². The van der Waals surface area contributed by atoms with Crippen molar-refractivity contribution in [1.82, 2.24) is 14.6 Å². The van der Waals surface area contributed by atoms with E-state index in [1.165, 1.54) is 6.42 Å². The average molecular weight is 252 g/mol. The van der Waals surface area contributed by atoms with Gasteiger partial charge in [0.1, 0.15) is 0 Å². The van der Waals surface area contributed by atoms with Gasteiger partial charge in [0.15, 0.2) is 11.5 Å². The fourth-order valence-corrected chi connectivity index (χ4v) is 2.37. The number of rotatable bonds is 2. The third-order valence-electron chi connectivity index (χ3n) is 3.07. The Bertz CT molecular complexity index is 519. The van der Waals surface area contributed by atoms with Gasteiger partial charge in [-0.15, -0.1) is 0 Å². The van der Waals surface area contributed by atoms with E-state index in [1.54, 1.807) is 4.52 Å². The molecular weight excluding hydrogens is 238 g/mol. The van der Waals surface area contributed by atoms with E-state index in [2.05, 4.69) is 10.1 Å². The van der Waals surface area contributed by atoms with Crippen molar-refractivity contribution in [1.29, 1.82) is 0 Å². The van der Waals surface area contributed by atoms with Crippen LogP contribution >= 0.6 is 11.6 Å². The minimum atomic E-state index is 0.552. The Labute approximate surface area is 105 Å². The normalized spacial score (nSPS) is 20.9. The van der Waals surface area contributed by atoms with Gasteiger partial charge in [-0.25, -0.2) is 9.50 Å². The fraction of sp³-hybridized carbons (Fsp3) is 0.500. The van der Waals surface area contributed by atoms with Gasteiger partial charge in [-0.2, -0.15) is 5.10 Å². The second kappa shape index (κ2) is 4.63. The topological polar surface area (TPSA) is 39.4 Å². The third kappa shape index (κ3) is 2.42. The van der Waals surface area contributed by atoms with Crippen molar-refractivity contribution in [3.8, 4) is 0 Å². The van der Waals surface area contributed by atoms with Crippen LogP contribution in [0.2, 0.25) is 5.02 Å². The Balaban J connectivity index is 1.80. The van der Waals surface area contributed by atoms with Crippen LogP contribution in [0, 0.1) is 5.92 Å². The van der Waals surface area contributed by atoms with Crippen molar-refractivity contribution in [3.63, 3.8) is 0 Å². The van der Waals surface area contributed by atoms with E-state index in [1.807, 2.05) is 18.3 Å². The molecule has 0 aliphatic carbocycles. The summed E-state index contributed by atoms with van der Waals surface area (Å²) in [6.45, 7) is 1.72. The van der Waals surface area contributed by atoms with E-state index in [0.29, 0.717) is 10.9 Å². The second-order valence-corrected chi connectivity index (χ2v) is 4.90. The molecule has 1 unspecified atom stereocenters. The summed E-state index contributed by atoms with van der Waals surface area (Å²) in [6.07, 6.45) is 5.07. The smallest absolute Gasteiger partial charge is 0.157 e. The number of aromatic nitrogens is 3. The zero-order chi connectivity index (χ0) is 11.7. The summed E-state index contributed by atoms with van der Waals surface area (Å²) in [5, 5.41) is 5.13. The molecule has 0 radical (unpaired) electrons. The van der Waals surface area contributed by atoms with Gasteiger partial charge in [-0.05, 0) is 24.8 Å². The molecule has 1 atom stereocenters. The van der Waals surface area contributed by atoms with Gasteiger partial charge in [0, 0.05) is 36.9 Å². The lowest BCUT2D eigenvalue weighted by molar-refractivity contribution is 0.0543. The number of hydrogen-bond acceptors (Lipinski definition) is 3. The van der Waals surface area contributed by atoms with E-state index in [4.69, 9.17) is 16.3 Å². The van der Waals surface area contributed by atoms with E-state index in [9.17, 15) is 0 Å². The Morgan fingerprint density at radius 3 is 3.29 bits per heavy atom. The molecule has 0 saturated carbocycles. The summed E-state index contributed by atoms with van der Waals surface area (Å²) < 4.78 is 7.23. The largest absolute Gasteiger partial charge is 0.381 e. The van der Waals surface area contributed by atoms with Crippen molar-refractivity contribution in [3.05, 3.63) is 29.2 Å². The maximum Gasteiger partial charge on any atom is 0.157 e. The summed E-state index contributed by atoms with van der Waals surface area (Å²) in [6, 6.07) is 3.65. The van der Waals surface area contributed by atoms with E-state index < -0.39 is 0 Å².